The number of carboxylic acid groups (broad SMARTS) is 1. The van der Waals surface area contributed by atoms with Gasteiger partial charge in [0, 0.05) is 36.8 Å². The zero-order chi connectivity index (χ0) is 33.8. The number of anilines is 1. The van der Waals surface area contributed by atoms with Gasteiger partial charge < -0.3 is 29.6 Å². The van der Waals surface area contributed by atoms with E-state index in [1.807, 2.05) is 16.7 Å². The Hall–Kier alpha value is -5.19. The number of rotatable bonds is 10. The van der Waals surface area contributed by atoms with E-state index in [4.69, 9.17) is 9.52 Å². The van der Waals surface area contributed by atoms with E-state index < -0.39 is 11.5 Å². The van der Waals surface area contributed by atoms with Crippen molar-refractivity contribution < 1.29 is 28.7 Å². The van der Waals surface area contributed by atoms with E-state index in [-0.39, 0.29) is 30.2 Å². The van der Waals surface area contributed by atoms with Gasteiger partial charge in [0.25, 0.3) is 5.91 Å². The summed E-state index contributed by atoms with van der Waals surface area (Å²) in [6.45, 7) is 0.0640. The van der Waals surface area contributed by atoms with Crippen LogP contribution in [0.2, 0.25) is 0 Å². The number of hydrogen-bond acceptors (Lipinski definition) is 6. The molecular formula is C37H41N5O6. The van der Waals surface area contributed by atoms with Crippen molar-refractivity contribution in [1.82, 2.24) is 19.8 Å². The molecule has 2 fully saturated rings. The van der Waals surface area contributed by atoms with Gasteiger partial charge in [-0.1, -0.05) is 50.3 Å². The number of likely N-dealkylation sites (N-methyl/N-ethyl adjacent to an activating group) is 1. The normalized spacial score (nSPS) is 16.3. The van der Waals surface area contributed by atoms with Gasteiger partial charge in [-0.3, -0.25) is 14.4 Å². The molecule has 2 saturated carbocycles. The SMILES string of the molecule is CN(C)C(=O)Cn1c(-c2cnco2)c(C2CCCCC2)c2ccc(C(=O)NC3(C(=O)Nc4ccc(/C=C/C(=O)O)cc4)CCCC3)cc21. The van der Waals surface area contributed by atoms with E-state index >= 15 is 0 Å². The molecular weight excluding hydrogens is 610 g/mol. The number of oxazole rings is 1. The van der Waals surface area contributed by atoms with Crippen molar-refractivity contribution in [3.8, 4) is 11.5 Å². The number of benzene rings is 2. The topological polar surface area (TPSA) is 147 Å². The number of aromatic nitrogens is 2. The van der Waals surface area contributed by atoms with Crippen molar-refractivity contribution in [3.63, 3.8) is 0 Å². The van der Waals surface area contributed by atoms with Crippen LogP contribution in [0.15, 0.2) is 65.5 Å². The van der Waals surface area contributed by atoms with Crippen molar-refractivity contribution >= 4 is 46.4 Å². The molecule has 0 unspecified atom stereocenters. The Morgan fingerprint density at radius 3 is 2.40 bits per heavy atom. The fraction of sp³-hybridized carbons (Fsp3) is 0.378. The quantitative estimate of drug-likeness (QED) is 0.173. The largest absolute Gasteiger partial charge is 0.478 e. The summed E-state index contributed by atoms with van der Waals surface area (Å²) in [4.78, 5) is 57.4. The maximum Gasteiger partial charge on any atom is 0.328 e. The summed E-state index contributed by atoms with van der Waals surface area (Å²) in [6.07, 6.45) is 13.7. The molecule has 0 radical (unpaired) electrons. The lowest BCUT2D eigenvalue weighted by Gasteiger charge is -2.29. The minimum Gasteiger partial charge on any atom is -0.478 e. The van der Waals surface area contributed by atoms with Crippen molar-refractivity contribution in [2.24, 2.45) is 0 Å². The highest BCUT2D eigenvalue weighted by molar-refractivity contribution is 6.06. The molecule has 11 heteroatoms. The lowest BCUT2D eigenvalue weighted by molar-refractivity contribution is -0.131. The summed E-state index contributed by atoms with van der Waals surface area (Å²) in [6, 6.07) is 12.4. The second kappa shape index (κ2) is 13.9. The molecule has 6 rings (SSSR count). The average molecular weight is 652 g/mol. The number of nitrogens with zero attached hydrogens (tertiary/aromatic N) is 3. The molecule has 250 valence electrons. The zero-order valence-electron chi connectivity index (χ0n) is 27.3. The fourth-order valence-electron chi connectivity index (χ4n) is 7.13. The van der Waals surface area contributed by atoms with Crippen LogP contribution in [-0.4, -0.2) is 62.9 Å². The van der Waals surface area contributed by atoms with Gasteiger partial charge in [-0.15, -0.1) is 0 Å². The minimum atomic E-state index is -1.09. The van der Waals surface area contributed by atoms with Crippen LogP contribution >= 0.6 is 0 Å². The molecule has 0 atom stereocenters. The highest BCUT2D eigenvalue weighted by atomic mass is 16.4. The summed E-state index contributed by atoms with van der Waals surface area (Å²) in [5, 5.41) is 15.9. The first-order valence-corrected chi connectivity index (χ1v) is 16.6. The number of fused-ring (bicyclic) bond motifs is 1. The molecule has 2 aromatic heterocycles. The van der Waals surface area contributed by atoms with Gasteiger partial charge in [-0.05, 0) is 73.1 Å². The minimum absolute atomic E-state index is 0.0640. The number of aliphatic carboxylic acids is 1. The number of hydrogen-bond donors (Lipinski definition) is 3. The number of amides is 3. The molecule has 2 aromatic carbocycles. The van der Waals surface area contributed by atoms with Gasteiger partial charge >= 0.3 is 5.97 Å². The van der Waals surface area contributed by atoms with E-state index in [0.29, 0.717) is 35.4 Å². The highest BCUT2D eigenvalue weighted by Crippen LogP contribution is 2.44. The zero-order valence-corrected chi connectivity index (χ0v) is 27.3. The highest BCUT2D eigenvalue weighted by Gasteiger charge is 2.43. The molecule has 2 aliphatic carbocycles. The van der Waals surface area contributed by atoms with Crippen molar-refractivity contribution in [2.45, 2.75) is 75.8 Å². The van der Waals surface area contributed by atoms with E-state index in [1.54, 1.807) is 55.5 Å². The summed E-state index contributed by atoms with van der Waals surface area (Å²) < 4.78 is 7.79. The maximum absolute atomic E-state index is 14.0. The Morgan fingerprint density at radius 1 is 1.02 bits per heavy atom. The van der Waals surface area contributed by atoms with Crippen LogP contribution < -0.4 is 10.6 Å². The van der Waals surface area contributed by atoms with Crippen LogP contribution in [0.25, 0.3) is 28.4 Å². The fourth-order valence-corrected chi connectivity index (χ4v) is 7.13. The first-order chi connectivity index (χ1) is 23.1. The molecule has 0 spiro atoms. The van der Waals surface area contributed by atoms with E-state index in [2.05, 4.69) is 15.6 Å². The monoisotopic (exact) mass is 651 g/mol. The molecule has 2 aliphatic rings. The van der Waals surface area contributed by atoms with E-state index in [9.17, 15) is 19.2 Å². The van der Waals surface area contributed by atoms with Gasteiger partial charge in [0.2, 0.25) is 11.8 Å². The Morgan fingerprint density at radius 2 is 1.75 bits per heavy atom. The summed E-state index contributed by atoms with van der Waals surface area (Å²) in [7, 11) is 3.44. The smallest absolute Gasteiger partial charge is 0.328 e. The van der Waals surface area contributed by atoms with Crippen LogP contribution in [0.1, 0.15) is 85.2 Å². The third-order valence-electron chi connectivity index (χ3n) is 9.67. The van der Waals surface area contributed by atoms with E-state index in [0.717, 1.165) is 66.8 Å². The standard InChI is InChI=1S/C37H41N5O6/c1-41(2)31(43)22-42-29-20-26(13-16-28(29)33(25-8-4-3-5-9-25)34(42)30-21-38-23-48-30)35(46)40-37(18-6-7-19-37)36(47)39-27-14-10-24(11-15-27)12-17-32(44)45/h10-17,20-21,23,25H,3-9,18-19,22H2,1-2H3,(H,39,47)(H,40,46)(H,44,45)/b17-12+. The van der Waals surface area contributed by atoms with Gasteiger partial charge in [-0.25, -0.2) is 9.78 Å². The summed E-state index contributed by atoms with van der Waals surface area (Å²) >= 11 is 0. The van der Waals surface area contributed by atoms with Crippen LogP contribution in [-0.2, 0) is 20.9 Å². The Balaban J connectivity index is 1.33. The third-order valence-corrected chi connectivity index (χ3v) is 9.67. The Kier molecular flexibility index (Phi) is 9.47. The van der Waals surface area contributed by atoms with Gasteiger partial charge in [0.15, 0.2) is 12.2 Å². The van der Waals surface area contributed by atoms with E-state index in [1.165, 1.54) is 18.9 Å². The van der Waals surface area contributed by atoms with Crippen molar-refractivity contribution in [1.29, 1.82) is 0 Å². The van der Waals surface area contributed by atoms with Crippen molar-refractivity contribution in [3.05, 3.63) is 77.8 Å². The maximum atomic E-state index is 14.0. The molecule has 11 nitrogen and oxygen atoms in total. The molecule has 4 aromatic rings. The third kappa shape index (κ3) is 6.76. The lowest BCUT2D eigenvalue weighted by atomic mass is 9.82. The Labute approximate surface area is 279 Å². The molecule has 0 aliphatic heterocycles. The van der Waals surface area contributed by atoms with Gasteiger partial charge in [0.05, 0.1) is 17.4 Å². The second-order valence-corrected chi connectivity index (χ2v) is 13.1. The van der Waals surface area contributed by atoms with Crippen LogP contribution in [0.5, 0.6) is 0 Å². The first kappa shape index (κ1) is 32.7. The number of carbonyl (C=O) groups excluding carboxylic acids is 3. The number of nitrogens with one attached hydrogen (secondary N) is 2. The predicted molar refractivity (Wildman–Crippen MR) is 182 cm³/mol. The molecule has 0 bridgehead atoms. The van der Waals surface area contributed by atoms with Gasteiger partial charge in [0.1, 0.15) is 12.1 Å². The summed E-state index contributed by atoms with van der Waals surface area (Å²) in [5.41, 5.74) is 3.24. The first-order valence-electron chi connectivity index (χ1n) is 16.6. The molecule has 48 heavy (non-hydrogen) atoms. The number of carboxylic acids is 1. The molecule has 3 amide bonds. The second-order valence-electron chi connectivity index (χ2n) is 13.1. The molecule has 0 saturated heterocycles. The summed E-state index contributed by atoms with van der Waals surface area (Å²) in [5.74, 6) is -0.933. The molecule has 3 N–H and O–H groups in total. The van der Waals surface area contributed by atoms with Crippen LogP contribution in [0.4, 0.5) is 5.69 Å². The average Bonchev–Trinajstić information content (AvgIpc) is 3.85. The molecule has 2 heterocycles. The van der Waals surface area contributed by atoms with Crippen LogP contribution in [0.3, 0.4) is 0 Å². The lowest BCUT2D eigenvalue weighted by Crippen LogP contribution is -2.55. The van der Waals surface area contributed by atoms with Crippen LogP contribution in [0, 0.1) is 0 Å². The van der Waals surface area contributed by atoms with Gasteiger partial charge in [-0.2, -0.15) is 0 Å². The predicted octanol–water partition coefficient (Wildman–Crippen LogP) is 6.21. The number of carbonyl (C=O) groups is 4. The van der Waals surface area contributed by atoms with Crippen molar-refractivity contribution in [2.75, 3.05) is 19.4 Å². The Bertz CT molecular complexity index is 1840.